The minimum atomic E-state index is -0.418. The molecular formula is C33H40N2O5. The van der Waals surface area contributed by atoms with Crippen LogP contribution < -0.4 is 10.1 Å². The summed E-state index contributed by atoms with van der Waals surface area (Å²) in [4.78, 5) is 28.0. The third-order valence-corrected chi connectivity index (χ3v) is 7.57. The molecule has 1 aliphatic rings. The highest BCUT2D eigenvalue weighted by molar-refractivity contribution is 5.80. The lowest BCUT2D eigenvalue weighted by molar-refractivity contribution is -0.127. The quantitative estimate of drug-likeness (QED) is 0.280. The zero-order valence-electron chi connectivity index (χ0n) is 23.2. The monoisotopic (exact) mass is 544 g/mol. The molecule has 3 unspecified atom stereocenters. The van der Waals surface area contributed by atoms with Crippen LogP contribution in [0.15, 0.2) is 84.9 Å². The molecule has 0 radical (unpaired) electrons. The topological polar surface area (TPSA) is 88.1 Å². The van der Waals surface area contributed by atoms with Gasteiger partial charge >= 0.3 is 6.09 Å². The lowest BCUT2D eigenvalue weighted by Gasteiger charge is -2.32. The predicted molar refractivity (Wildman–Crippen MR) is 155 cm³/mol. The molecule has 1 fully saturated rings. The van der Waals surface area contributed by atoms with Crippen LogP contribution in [0, 0.1) is 5.92 Å². The Morgan fingerprint density at radius 3 is 2.30 bits per heavy atom. The summed E-state index contributed by atoms with van der Waals surface area (Å²) in [5, 5.41) is 13.0. The minimum absolute atomic E-state index is 0.00958. The highest BCUT2D eigenvalue weighted by Crippen LogP contribution is 2.38. The van der Waals surface area contributed by atoms with Gasteiger partial charge in [0.05, 0.1) is 12.6 Å². The molecule has 4 rings (SSSR count). The lowest BCUT2D eigenvalue weighted by Crippen LogP contribution is -2.39. The summed E-state index contributed by atoms with van der Waals surface area (Å²) in [7, 11) is 1.65. The zero-order valence-corrected chi connectivity index (χ0v) is 23.2. The maximum Gasteiger partial charge on any atom is 0.415 e. The number of nitrogens with one attached hydrogen (secondary N) is 1. The van der Waals surface area contributed by atoms with E-state index >= 15 is 0 Å². The third kappa shape index (κ3) is 8.16. The standard InChI is InChI=1S/C33H40N2O5/c1-39-22-10-21-35(33(38)40-28-13-6-3-7-14-28)23-25-17-19-26(20-18-25)29-15-8-9-16-30(29)32(37)34-31(24-36)27-11-4-2-5-12-27/h2-7,11-14,17-20,29-31,36H,8-10,15-16,21-24H2,1H3,(H,34,37). The first-order valence-corrected chi connectivity index (χ1v) is 14.1. The molecule has 1 saturated carbocycles. The molecular weight excluding hydrogens is 504 g/mol. The normalized spacial score (nSPS) is 17.6. The smallest absolute Gasteiger partial charge is 0.410 e. The molecule has 0 saturated heterocycles. The number of nitrogens with zero attached hydrogens (tertiary/aromatic N) is 1. The van der Waals surface area contributed by atoms with Crippen molar-refractivity contribution < 1.29 is 24.2 Å². The van der Waals surface area contributed by atoms with Crippen LogP contribution in [-0.4, -0.2) is 48.9 Å². The van der Waals surface area contributed by atoms with Gasteiger partial charge in [-0.2, -0.15) is 0 Å². The van der Waals surface area contributed by atoms with Gasteiger partial charge in [0.2, 0.25) is 5.91 Å². The van der Waals surface area contributed by atoms with Gasteiger partial charge in [0.15, 0.2) is 0 Å². The molecule has 3 atom stereocenters. The molecule has 0 aromatic heterocycles. The Morgan fingerprint density at radius 1 is 0.950 bits per heavy atom. The van der Waals surface area contributed by atoms with Gasteiger partial charge in [-0.15, -0.1) is 0 Å². The first-order chi connectivity index (χ1) is 19.6. The Hall–Kier alpha value is -3.68. The van der Waals surface area contributed by atoms with Crippen LogP contribution in [0.2, 0.25) is 0 Å². The number of carbonyl (C=O) groups excluding carboxylic acids is 2. The van der Waals surface area contributed by atoms with Crippen molar-refractivity contribution in [2.45, 2.75) is 50.6 Å². The molecule has 1 aliphatic carbocycles. The van der Waals surface area contributed by atoms with Crippen LogP contribution >= 0.6 is 0 Å². The Bertz CT molecular complexity index is 1190. The number of para-hydroxylation sites is 1. The van der Waals surface area contributed by atoms with E-state index in [0.29, 0.717) is 31.9 Å². The van der Waals surface area contributed by atoms with Crippen LogP contribution in [0.3, 0.4) is 0 Å². The molecule has 7 heteroatoms. The number of benzene rings is 3. The molecule has 40 heavy (non-hydrogen) atoms. The maximum absolute atomic E-state index is 13.4. The summed E-state index contributed by atoms with van der Waals surface area (Å²) in [6, 6.07) is 26.5. The molecule has 0 spiro atoms. The van der Waals surface area contributed by atoms with Gasteiger partial charge < -0.3 is 24.8 Å². The molecule has 212 valence electrons. The number of hydrogen-bond donors (Lipinski definition) is 2. The van der Waals surface area contributed by atoms with E-state index in [4.69, 9.17) is 9.47 Å². The fourth-order valence-corrected chi connectivity index (χ4v) is 5.42. The predicted octanol–water partition coefficient (Wildman–Crippen LogP) is 5.85. The molecule has 2 amide bonds. The Labute approximate surface area is 237 Å². The van der Waals surface area contributed by atoms with Gasteiger partial charge in [-0.3, -0.25) is 4.79 Å². The molecule has 3 aromatic rings. The van der Waals surface area contributed by atoms with Crippen molar-refractivity contribution in [3.05, 3.63) is 102 Å². The van der Waals surface area contributed by atoms with Crippen LogP contribution in [-0.2, 0) is 16.1 Å². The number of carbonyl (C=O) groups is 2. The van der Waals surface area contributed by atoms with Crippen LogP contribution in [0.1, 0.15) is 60.8 Å². The number of hydrogen-bond acceptors (Lipinski definition) is 5. The van der Waals surface area contributed by atoms with E-state index in [1.165, 1.54) is 0 Å². The van der Waals surface area contributed by atoms with Crippen LogP contribution in [0.5, 0.6) is 5.75 Å². The second kappa shape index (κ2) is 15.2. The van der Waals surface area contributed by atoms with Crippen molar-refractivity contribution in [1.82, 2.24) is 10.2 Å². The van der Waals surface area contributed by atoms with Crippen molar-refractivity contribution >= 4 is 12.0 Å². The Morgan fingerprint density at radius 2 is 1.62 bits per heavy atom. The van der Waals surface area contributed by atoms with Gasteiger partial charge in [0, 0.05) is 32.7 Å². The highest BCUT2D eigenvalue weighted by Gasteiger charge is 2.33. The first-order valence-electron chi connectivity index (χ1n) is 14.1. The van der Waals surface area contributed by atoms with Crippen molar-refractivity contribution in [1.29, 1.82) is 0 Å². The largest absolute Gasteiger partial charge is 0.415 e. The van der Waals surface area contributed by atoms with E-state index < -0.39 is 12.1 Å². The van der Waals surface area contributed by atoms with Gasteiger partial charge in [0.25, 0.3) is 0 Å². The molecule has 2 N–H and O–H groups in total. The van der Waals surface area contributed by atoms with Crippen molar-refractivity contribution in [3.8, 4) is 5.75 Å². The number of amides is 2. The Balaban J connectivity index is 1.43. The second-order valence-corrected chi connectivity index (χ2v) is 10.3. The molecule has 0 heterocycles. The third-order valence-electron chi connectivity index (χ3n) is 7.57. The number of methoxy groups -OCH3 is 1. The summed E-state index contributed by atoms with van der Waals surface area (Å²) >= 11 is 0. The van der Waals surface area contributed by atoms with E-state index in [9.17, 15) is 14.7 Å². The zero-order chi connectivity index (χ0) is 28.2. The van der Waals surface area contributed by atoms with Crippen LogP contribution in [0.25, 0.3) is 0 Å². The average molecular weight is 545 g/mol. The summed E-state index contributed by atoms with van der Waals surface area (Å²) in [6.07, 6.45) is 4.17. The minimum Gasteiger partial charge on any atom is -0.410 e. The average Bonchev–Trinajstić information content (AvgIpc) is 3.00. The SMILES string of the molecule is COCCCN(Cc1ccc(C2CCCCC2C(=O)NC(CO)c2ccccc2)cc1)C(=O)Oc1ccccc1. The van der Waals surface area contributed by atoms with Crippen molar-refractivity contribution in [3.63, 3.8) is 0 Å². The van der Waals surface area contributed by atoms with E-state index in [1.54, 1.807) is 24.1 Å². The fraction of sp³-hybridized carbons (Fsp3) is 0.394. The van der Waals surface area contributed by atoms with E-state index in [2.05, 4.69) is 17.4 Å². The molecule has 0 aliphatic heterocycles. The number of aliphatic hydroxyl groups excluding tert-OH is 1. The number of aliphatic hydroxyl groups is 1. The van der Waals surface area contributed by atoms with Gasteiger partial charge in [-0.25, -0.2) is 4.79 Å². The first kappa shape index (κ1) is 29.3. The fourth-order valence-electron chi connectivity index (χ4n) is 5.42. The number of ether oxygens (including phenoxy) is 2. The summed E-state index contributed by atoms with van der Waals surface area (Å²) < 4.78 is 10.8. The van der Waals surface area contributed by atoms with Gasteiger partial charge in [0.1, 0.15) is 5.75 Å². The second-order valence-electron chi connectivity index (χ2n) is 10.3. The summed E-state index contributed by atoms with van der Waals surface area (Å²) in [6.45, 7) is 1.34. The molecule has 7 nitrogen and oxygen atoms in total. The van der Waals surface area contributed by atoms with E-state index in [0.717, 1.165) is 42.4 Å². The number of rotatable bonds is 12. The summed E-state index contributed by atoms with van der Waals surface area (Å²) in [5.41, 5.74) is 3.02. The Kier molecular flexibility index (Phi) is 11.1. The molecule has 3 aromatic carbocycles. The summed E-state index contributed by atoms with van der Waals surface area (Å²) in [5.74, 6) is 0.462. The van der Waals surface area contributed by atoms with E-state index in [1.807, 2.05) is 60.7 Å². The van der Waals surface area contributed by atoms with Crippen molar-refractivity contribution in [2.75, 3.05) is 26.9 Å². The van der Waals surface area contributed by atoms with E-state index in [-0.39, 0.29) is 24.3 Å². The maximum atomic E-state index is 13.4. The highest BCUT2D eigenvalue weighted by atomic mass is 16.6. The van der Waals surface area contributed by atoms with Crippen molar-refractivity contribution in [2.24, 2.45) is 5.92 Å². The van der Waals surface area contributed by atoms with Gasteiger partial charge in [-0.05, 0) is 54.0 Å². The van der Waals surface area contributed by atoms with Gasteiger partial charge in [-0.1, -0.05) is 85.6 Å². The lowest BCUT2D eigenvalue weighted by atomic mass is 9.74. The van der Waals surface area contributed by atoms with Crippen LogP contribution in [0.4, 0.5) is 4.79 Å². The molecule has 0 bridgehead atoms.